The third kappa shape index (κ3) is 2.59. The van der Waals surface area contributed by atoms with Gasteiger partial charge in [0, 0.05) is 24.0 Å². The van der Waals surface area contributed by atoms with Gasteiger partial charge in [-0.25, -0.2) is 0 Å². The van der Waals surface area contributed by atoms with Crippen molar-refractivity contribution in [3.8, 4) is 0 Å². The van der Waals surface area contributed by atoms with Crippen LogP contribution in [-0.2, 0) is 14.9 Å². The Morgan fingerprint density at radius 2 is 1.94 bits per heavy atom. The van der Waals surface area contributed by atoms with Crippen LogP contribution in [0.2, 0.25) is 0 Å². The molecule has 1 N–H and O–H groups in total. The molecule has 2 aliphatic rings. The van der Waals surface area contributed by atoms with Gasteiger partial charge in [-0.3, -0.25) is 0 Å². The molecule has 16 heavy (non-hydrogen) atoms. The minimum Gasteiger partial charge on any atom is -0.379 e. The Bertz CT molecular complexity index is 331. The fourth-order valence-electron chi connectivity index (χ4n) is 1.99. The van der Waals surface area contributed by atoms with Crippen molar-refractivity contribution in [1.82, 2.24) is 9.03 Å². The van der Waals surface area contributed by atoms with Crippen LogP contribution in [0.15, 0.2) is 0 Å². The van der Waals surface area contributed by atoms with Crippen LogP contribution in [0.25, 0.3) is 0 Å². The van der Waals surface area contributed by atoms with Gasteiger partial charge >= 0.3 is 0 Å². The molecule has 0 bridgehead atoms. The van der Waals surface area contributed by atoms with E-state index < -0.39 is 10.2 Å². The van der Waals surface area contributed by atoms with E-state index in [0.29, 0.717) is 31.6 Å². The van der Waals surface area contributed by atoms with Gasteiger partial charge < -0.3 is 4.74 Å². The number of halogens is 1. The van der Waals surface area contributed by atoms with E-state index in [1.807, 2.05) is 0 Å². The highest BCUT2D eigenvalue weighted by Gasteiger charge is 2.41. The number of morpholine rings is 1. The summed E-state index contributed by atoms with van der Waals surface area (Å²) >= 11 is 3.39. The number of rotatable bonds is 4. The fraction of sp³-hybridized carbons (Fsp3) is 1.00. The average molecular weight is 313 g/mol. The summed E-state index contributed by atoms with van der Waals surface area (Å²) in [5, 5.41) is 0.684. The molecule has 1 aliphatic heterocycles. The van der Waals surface area contributed by atoms with Crippen molar-refractivity contribution in [2.45, 2.75) is 24.8 Å². The Kier molecular flexibility index (Phi) is 3.90. The zero-order chi connectivity index (χ0) is 11.6. The van der Waals surface area contributed by atoms with Crippen molar-refractivity contribution in [1.29, 1.82) is 0 Å². The maximum absolute atomic E-state index is 12.1. The monoisotopic (exact) mass is 312 g/mol. The van der Waals surface area contributed by atoms with Gasteiger partial charge in [0.15, 0.2) is 0 Å². The molecule has 1 heterocycles. The molecular weight excluding hydrogens is 296 g/mol. The largest absolute Gasteiger partial charge is 0.379 e. The predicted octanol–water partition coefficient (Wildman–Crippen LogP) is 0.471. The van der Waals surface area contributed by atoms with Crippen LogP contribution >= 0.6 is 15.9 Å². The van der Waals surface area contributed by atoms with Crippen LogP contribution in [0.5, 0.6) is 0 Å². The van der Waals surface area contributed by atoms with Gasteiger partial charge in [-0.15, -0.1) is 0 Å². The van der Waals surface area contributed by atoms with Crippen LogP contribution in [0.1, 0.15) is 19.3 Å². The third-order valence-corrected chi connectivity index (χ3v) is 6.03. The summed E-state index contributed by atoms with van der Waals surface area (Å²) in [4.78, 5) is 0. The van der Waals surface area contributed by atoms with E-state index >= 15 is 0 Å². The van der Waals surface area contributed by atoms with Gasteiger partial charge in [0.1, 0.15) is 0 Å². The summed E-state index contributed by atoms with van der Waals surface area (Å²) in [6, 6.07) is 0. The minimum absolute atomic E-state index is 0.253. The summed E-state index contributed by atoms with van der Waals surface area (Å²) < 4.78 is 33.6. The summed E-state index contributed by atoms with van der Waals surface area (Å²) in [5.41, 5.74) is -0.253. The quantitative estimate of drug-likeness (QED) is 0.768. The molecule has 0 atom stereocenters. The van der Waals surface area contributed by atoms with Crippen molar-refractivity contribution in [3.63, 3.8) is 0 Å². The van der Waals surface area contributed by atoms with Gasteiger partial charge in [0.25, 0.3) is 10.2 Å². The molecule has 1 aliphatic carbocycles. The summed E-state index contributed by atoms with van der Waals surface area (Å²) in [7, 11) is -3.34. The minimum atomic E-state index is -3.34. The molecule has 5 nitrogen and oxygen atoms in total. The van der Waals surface area contributed by atoms with Gasteiger partial charge in [0.2, 0.25) is 0 Å². The molecule has 0 aromatic heterocycles. The lowest BCUT2D eigenvalue weighted by atomic mass is 9.80. The molecule has 0 aromatic rings. The highest BCUT2D eigenvalue weighted by molar-refractivity contribution is 9.09. The molecule has 1 saturated carbocycles. The Labute approximate surface area is 105 Å². The first-order valence-electron chi connectivity index (χ1n) is 5.51. The van der Waals surface area contributed by atoms with E-state index in [4.69, 9.17) is 4.74 Å². The number of alkyl halides is 1. The third-order valence-electron chi connectivity index (χ3n) is 3.22. The van der Waals surface area contributed by atoms with Crippen molar-refractivity contribution in [2.75, 3.05) is 31.6 Å². The van der Waals surface area contributed by atoms with Crippen LogP contribution in [0.3, 0.4) is 0 Å². The number of ether oxygens (including phenoxy) is 1. The molecule has 1 saturated heterocycles. The Morgan fingerprint density at radius 1 is 1.31 bits per heavy atom. The van der Waals surface area contributed by atoms with Crippen molar-refractivity contribution < 1.29 is 13.2 Å². The molecule has 94 valence electrons. The molecule has 2 rings (SSSR count). The topological polar surface area (TPSA) is 58.6 Å². The first kappa shape index (κ1) is 12.8. The van der Waals surface area contributed by atoms with E-state index in [-0.39, 0.29) is 5.54 Å². The maximum Gasteiger partial charge on any atom is 0.280 e. The average Bonchev–Trinajstić information content (AvgIpc) is 2.25. The molecule has 0 amide bonds. The fourth-order valence-corrected chi connectivity index (χ4v) is 4.46. The van der Waals surface area contributed by atoms with E-state index in [1.54, 1.807) is 0 Å². The van der Waals surface area contributed by atoms with Crippen LogP contribution in [0.4, 0.5) is 0 Å². The second kappa shape index (κ2) is 4.89. The molecule has 0 radical (unpaired) electrons. The Balaban J connectivity index is 2.01. The first-order valence-corrected chi connectivity index (χ1v) is 8.07. The molecule has 0 aromatic carbocycles. The highest BCUT2D eigenvalue weighted by Crippen LogP contribution is 2.34. The van der Waals surface area contributed by atoms with Crippen LogP contribution in [0, 0.1) is 0 Å². The van der Waals surface area contributed by atoms with Gasteiger partial charge in [-0.05, 0) is 19.3 Å². The first-order chi connectivity index (χ1) is 7.58. The number of hydrogen-bond acceptors (Lipinski definition) is 3. The maximum atomic E-state index is 12.1. The van der Waals surface area contributed by atoms with Crippen molar-refractivity contribution in [3.05, 3.63) is 0 Å². The summed E-state index contributed by atoms with van der Waals surface area (Å²) in [5.74, 6) is 0. The Hall–Kier alpha value is 0.310. The van der Waals surface area contributed by atoms with E-state index in [1.165, 1.54) is 4.31 Å². The number of nitrogens with zero attached hydrogens (tertiary/aromatic N) is 1. The lowest BCUT2D eigenvalue weighted by Crippen LogP contribution is -2.59. The SMILES string of the molecule is O=S(=O)(NC1(CBr)CCC1)N1CCOCC1. The normalized spacial score (nSPS) is 26.3. The molecule has 0 unspecified atom stereocenters. The van der Waals surface area contributed by atoms with Gasteiger partial charge in [0.05, 0.1) is 13.2 Å². The van der Waals surface area contributed by atoms with E-state index in [9.17, 15) is 8.42 Å². The van der Waals surface area contributed by atoms with Crippen molar-refractivity contribution in [2.24, 2.45) is 0 Å². The Morgan fingerprint density at radius 3 is 2.38 bits per heavy atom. The van der Waals surface area contributed by atoms with Gasteiger partial charge in [-0.2, -0.15) is 17.4 Å². The number of hydrogen-bond donors (Lipinski definition) is 1. The second-order valence-electron chi connectivity index (χ2n) is 4.39. The molecular formula is C9H17BrN2O3S. The summed E-state index contributed by atoms with van der Waals surface area (Å²) in [6.07, 6.45) is 2.93. The van der Waals surface area contributed by atoms with Crippen molar-refractivity contribution >= 4 is 26.1 Å². The summed E-state index contributed by atoms with van der Waals surface area (Å²) in [6.45, 7) is 1.88. The van der Waals surface area contributed by atoms with E-state index in [0.717, 1.165) is 19.3 Å². The zero-order valence-electron chi connectivity index (χ0n) is 9.12. The van der Waals surface area contributed by atoms with Crippen LogP contribution in [-0.4, -0.2) is 49.9 Å². The second-order valence-corrected chi connectivity index (χ2v) is 6.62. The highest BCUT2D eigenvalue weighted by atomic mass is 79.9. The molecule has 7 heteroatoms. The predicted molar refractivity (Wildman–Crippen MR) is 64.8 cm³/mol. The van der Waals surface area contributed by atoms with Gasteiger partial charge in [-0.1, -0.05) is 15.9 Å². The lowest BCUT2D eigenvalue weighted by molar-refractivity contribution is 0.0714. The standard InChI is InChI=1S/C9H17BrN2O3S/c10-8-9(2-1-3-9)11-16(13,14)12-4-6-15-7-5-12/h11H,1-8H2. The molecule has 0 spiro atoms. The van der Waals surface area contributed by atoms with Crippen LogP contribution < -0.4 is 4.72 Å². The van der Waals surface area contributed by atoms with E-state index in [2.05, 4.69) is 20.7 Å². The zero-order valence-corrected chi connectivity index (χ0v) is 11.5. The number of nitrogens with one attached hydrogen (secondary N) is 1. The molecule has 2 fully saturated rings. The lowest BCUT2D eigenvalue weighted by Gasteiger charge is -2.42. The smallest absolute Gasteiger partial charge is 0.280 e.